The van der Waals surface area contributed by atoms with Crippen LogP contribution in [0, 0.1) is 6.92 Å². The largest absolute Gasteiger partial charge is 0.481 e. The van der Waals surface area contributed by atoms with E-state index in [9.17, 15) is 9.59 Å². The molecule has 0 unspecified atom stereocenters. The summed E-state index contributed by atoms with van der Waals surface area (Å²) in [6.45, 7) is 1.56. The van der Waals surface area contributed by atoms with Crippen molar-refractivity contribution in [3.05, 3.63) is 90.0 Å². The molecule has 0 saturated carbocycles. The van der Waals surface area contributed by atoms with Crippen molar-refractivity contribution in [2.45, 2.75) is 12.1 Å². The zero-order chi connectivity index (χ0) is 25.3. The van der Waals surface area contributed by atoms with E-state index in [0.717, 1.165) is 22.6 Å². The molecule has 9 nitrogen and oxygen atoms in total. The number of nitrogens with zero attached hydrogens (tertiary/aromatic N) is 3. The van der Waals surface area contributed by atoms with Crippen molar-refractivity contribution in [1.29, 1.82) is 0 Å². The van der Waals surface area contributed by atoms with Crippen LogP contribution >= 0.6 is 11.8 Å². The second kappa shape index (κ2) is 11.8. The summed E-state index contributed by atoms with van der Waals surface area (Å²) >= 11 is 1.28. The van der Waals surface area contributed by atoms with Gasteiger partial charge in [0, 0.05) is 5.56 Å². The number of carbonyl (C=O) groups is 2. The maximum atomic E-state index is 12.5. The summed E-state index contributed by atoms with van der Waals surface area (Å²) in [5.74, 6) is -0.155. The topological polar surface area (TPSA) is 121 Å². The number of hydrogen-bond donors (Lipinski definition) is 3. The lowest BCUT2D eigenvalue weighted by molar-refractivity contribution is -0.625. The first-order chi connectivity index (χ1) is 17.5. The van der Waals surface area contributed by atoms with E-state index in [1.165, 1.54) is 18.0 Å². The van der Waals surface area contributed by atoms with Crippen LogP contribution < -0.4 is 14.7 Å². The quantitative estimate of drug-likeness (QED) is 0.132. The minimum atomic E-state index is -1.08. The van der Waals surface area contributed by atoms with Gasteiger partial charge in [0.2, 0.25) is 0 Å². The van der Waals surface area contributed by atoms with Gasteiger partial charge >= 0.3 is 11.1 Å². The Balaban J connectivity index is 1.45. The lowest BCUT2D eigenvalue weighted by Crippen LogP contribution is -2.34. The Bertz CT molecular complexity index is 1370. The number of para-hydroxylation sites is 1. The number of carboxylic acid groups (broad SMARTS) is 1. The molecule has 10 heteroatoms. The Morgan fingerprint density at radius 2 is 1.81 bits per heavy atom. The highest BCUT2D eigenvalue weighted by Crippen LogP contribution is 2.20. The monoisotopic (exact) mass is 502 g/mol. The van der Waals surface area contributed by atoms with Crippen LogP contribution in [0.3, 0.4) is 0 Å². The lowest BCUT2D eigenvalue weighted by atomic mass is 10.2. The van der Waals surface area contributed by atoms with Crippen LogP contribution in [0.25, 0.3) is 17.1 Å². The van der Waals surface area contributed by atoms with E-state index >= 15 is 0 Å². The number of carbonyl (C=O) groups excluding carboxylic acids is 1. The average Bonchev–Trinajstić information content (AvgIpc) is 3.32. The molecule has 0 spiro atoms. The number of aromatic nitrogens is 3. The molecule has 0 aliphatic heterocycles. The summed E-state index contributed by atoms with van der Waals surface area (Å²) in [7, 11) is 0. The van der Waals surface area contributed by atoms with E-state index in [1.54, 1.807) is 24.3 Å². The zero-order valence-corrected chi connectivity index (χ0v) is 20.2. The first-order valence-corrected chi connectivity index (χ1v) is 12.0. The number of hydrogen-bond acceptors (Lipinski definition) is 6. The number of aliphatic carboxylic acids is 1. The molecule has 1 heterocycles. The molecule has 3 N–H and O–H groups in total. The highest BCUT2D eigenvalue weighted by Gasteiger charge is 2.24. The Morgan fingerprint density at radius 3 is 2.56 bits per heavy atom. The summed E-state index contributed by atoms with van der Waals surface area (Å²) in [6, 6.07) is 24.7. The van der Waals surface area contributed by atoms with Crippen molar-refractivity contribution in [2.75, 3.05) is 12.4 Å². The number of rotatable bonds is 10. The number of amides is 1. The van der Waals surface area contributed by atoms with Gasteiger partial charge < -0.3 is 9.84 Å². The van der Waals surface area contributed by atoms with Crippen LogP contribution in [0.1, 0.15) is 11.1 Å². The molecule has 1 amide bonds. The first kappa shape index (κ1) is 24.7. The van der Waals surface area contributed by atoms with Gasteiger partial charge in [-0.25, -0.2) is 10.2 Å². The van der Waals surface area contributed by atoms with Crippen LogP contribution in [0.15, 0.2) is 89.1 Å². The molecule has 3 aromatic carbocycles. The van der Waals surface area contributed by atoms with Crippen LogP contribution in [0.2, 0.25) is 0 Å². The minimum Gasteiger partial charge on any atom is -0.481 e. The third-order valence-corrected chi connectivity index (χ3v) is 5.95. The van der Waals surface area contributed by atoms with Gasteiger partial charge in [0.25, 0.3) is 11.7 Å². The summed E-state index contributed by atoms with van der Waals surface area (Å²) in [5.41, 5.74) is 6.07. The maximum absolute atomic E-state index is 12.5. The second-order valence-corrected chi connectivity index (χ2v) is 8.64. The van der Waals surface area contributed by atoms with Crippen molar-refractivity contribution in [1.82, 2.24) is 15.6 Å². The van der Waals surface area contributed by atoms with E-state index in [2.05, 4.69) is 20.7 Å². The van der Waals surface area contributed by atoms with Gasteiger partial charge in [-0.3, -0.25) is 4.79 Å². The normalized spacial score (nSPS) is 10.9. The van der Waals surface area contributed by atoms with Crippen molar-refractivity contribution in [2.24, 2.45) is 5.10 Å². The Morgan fingerprint density at radius 1 is 1.08 bits per heavy atom. The van der Waals surface area contributed by atoms with Crippen LogP contribution in [-0.4, -0.2) is 45.8 Å². The number of hydrazone groups is 1. The minimum absolute atomic E-state index is 0.0828. The number of thioether (sulfide) groups is 1. The molecule has 36 heavy (non-hydrogen) atoms. The SMILES string of the molecule is Cc1ccc(-[n+]2c(SCC(=O)NN=Cc3ccccc3OCC(=O)O)n[nH]c2-c2ccccc2)cc1. The number of carboxylic acids is 1. The summed E-state index contributed by atoms with van der Waals surface area (Å²) in [4.78, 5) is 23.2. The number of aromatic amines is 1. The molecule has 0 saturated heterocycles. The highest BCUT2D eigenvalue weighted by molar-refractivity contribution is 7.99. The average molecular weight is 503 g/mol. The lowest BCUT2D eigenvalue weighted by Gasteiger charge is -2.06. The predicted molar refractivity (Wildman–Crippen MR) is 136 cm³/mol. The fraction of sp³-hybridized carbons (Fsp3) is 0.115. The van der Waals surface area contributed by atoms with Crippen LogP contribution in [-0.2, 0) is 9.59 Å². The van der Waals surface area contributed by atoms with Gasteiger partial charge in [-0.05, 0) is 55.1 Å². The van der Waals surface area contributed by atoms with Crippen LogP contribution in [0.5, 0.6) is 5.75 Å². The molecule has 182 valence electrons. The predicted octanol–water partition coefficient (Wildman–Crippen LogP) is 3.37. The number of benzene rings is 3. The number of H-pyrrole nitrogens is 1. The van der Waals surface area contributed by atoms with Gasteiger partial charge in [-0.1, -0.05) is 48.0 Å². The molecular weight excluding hydrogens is 478 g/mol. The number of nitrogens with one attached hydrogen (secondary N) is 2. The molecule has 4 aromatic rings. The smallest absolute Gasteiger partial charge is 0.342 e. The second-order valence-electron chi connectivity index (χ2n) is 7.69. The van der Waals surface area contributed by atoms with E-state index < -0.39 is 12.6 Å². The number of ether oxygens (including phenoxy) is 1. The van der Waals surface area contributed by atoms with E-state index in [-0.39, 0.29) is 11.7 Å². The van der Waals surface area contributed by atoms with Crippen molar-refractivity contribution >= 4 is 29.9 Å². The van der Waals surface area contributed by atoms with Gasteiger partial charge in [0.05, 0.1) is 22.6 Å². The molecule has 0 aliphatic rings. The molecule has 0 atom stereocenters. The number of aryl methyl sites for hydroxylation is 1. The third-order valence-electron chi connectivity index (χ3n) is 5.01. The summed E-state index contributed by atoms with van der Waals surface area (Å²) < 4.78 is 7.22. The van der Waals surface area contributed by atoms with Gasteiger partial charge in [-0.15, -0.1) is 5.10 Å². The maximum Gasteiger partial charge on any atom is 0.342 e. The molecule has 0 fully saturated rings. The van der Waals surface area contributed by atoms with Gasteiger partial charge in [-0.2, -0.15) is 9.67 Å². The van der Waals surface area contributed by atoms with E-state index in [0.29, 0.717) is 16.5 Å². The fourth-order valence-corrected chi connectivity index (χ4v) is 4.07. The van der Waals surface area contributed by atoms with Gasteiger partial charge in [0.1, 0.15) is 11.4 Å². The van der Waals surface area contributed by atoms with Crippen molar-refractivity contribution < 1.29 is 24.0 Å². The zero-order valence-electron chi connectivity index (χ0n) is 19.4. The Labute approximate surface area is 211 Å². The first-order valence-electron chi connectivity index (χ1n) is 11.0. The van der Waals surface area contributed by atoms with Crippen molar-refractivity contribution in [3.63, 3.8) is 0 Å². The summed E-state index contributed by atoms with van der Waals surface area (Å²) in [6.07, 6.45) is 1.41. The van der Waals surface area contributed by atoms with E-state index in [4.69, 9.17) is 9.84 Å². The molecule has 0 bridgehead atoms. The molecule has 4 rings (SSSR count). The Kier molecular flexibility index (Phi) is 8.09. The van der Waals surface area contributed by atoms with Gasteiger partial charge in [0.15, 0.2) is 6.61 Å². The van der Waals surface area contributed by atoms with E-state index in [1.807, 2.05) is 66.1 Å². The molecular formula is C26H24N5O4S+. The van der Waals surface area contributed by atoms with Crippen LogP contribution in [0.4, 0.5) is 0 Å². The molecule has 0 radical (unpaired) electrons. The molecule has 1 aromatic heterocycles. The standard InChI is InChI=1S/C26H23N5O4S/c1-18-11-13-21(14-12-18)31-25(19-7-3-2-4-8-19)29-30-26(31)36-17-23(32)28-27-15-20-9-5-6-10-22(20)35-16-24(33)34/h2-15H,16-17H2,1H3,(H2,28,32,33,34)/p+1. The van der Waals surface area contributed by atoms with Crippen molar-refractivity contribution in [3.8, 4) is 22.8 Å². The molecule has 0 aliphatic carbocycles. The third kappa shape index (κ3) is 6.36. The fourth-order valence-electron chi connectivity index (χ4n) is 3.31. The Hall–Kier alpha value is -4.44. The highest BCUT2D eigenvalue weighted by atomic mass is 32.2. The summed E-state index contributed by atoms with van der Waals surface area (Å²) in [5, 5.41) is 21.0.